The molecule has 0 aliphatic heterocycles. The van der Waals surface area contributed by atoms with Gasteiger partial charge in [-0.2, -0.15) is 0 Å². The number of amides is 1. The highest BCUT2D eigenvalue weighted by molar-refractivity contribution is 7.88. The molecule has 9 heteroatoms. The first-order chi connectivity index (χ1) is 14.4. The molecule has 0 saturated carbocycles. The van der Waals surface area contributed by atoms with E-state index in [1.54, 1.807) is 36.5 Å². The lowest BCUT2D eigenvalue weighted by Crippen LogP contribution is -2.23. The van der Waals surface area contributed by atoms with Crippen molar-refractivity contribution in [2.75, 3.05) is 7.05 Å². The van der Waals surface area contributed by atoms with Crippen molar-refractivity contribution in [3.05, 3.63) is 76.8 Å². The summed E-state index contributed by atoms with van der Waals surface area (Å²) in [6, 6.07) is 14.4. The average Bonchev–Trinajstić information content (AvgIpc) is 3.20. The molecule has 0 spiro atoms. The summed E-state index contributed by atoms with van der Waals surface area (Å²) in [5, 5.41) is 3.41. The molecule has 0 radical (unpaired) electrons. The summed E-state index contributed by atoms with van der Waals surface area (Å²) in [5.74, 6) is 0.823. The number of oxazole rings is 1. The highest BCUT2D eigenvalue weighted by Gasteiger charge is 2.11. The number of sulfonamides is 1. The molecule has 3 aromatic rings. The quantitative estimate of drug-likeness (QED) is 0.524. The van der Waals surface area contributed by atoms with Crippen LogP contribution in [-0.4, -0.2) is 26.4 Å². The smallest absolute Gasteiger partial charge is 0.220 e. The van der Waals surface area contributed by atoms with Gasteiger partial charge in [0.1, 0.15) is 0 Å². The number of aromatic nitrogens is 1. The van der Waals surface area contributed by atoms with Crippen LogP contribution in [0.4, 0.5) is 0 Å². The van der Waals surface area contributed by atoms with Crippen molar-refractivity contribution in [1.82, 2.24) is 15.0 Å². The maximum Gasteiger partial charge on any atom is 0.220 e. The Morgan fingerprint density at radius 3 is 2.50 bits per heavy atom. The SMILES string of the molecule is CNS(=O)(=O)Cc1ccc(CNC(=O)CCc2ncc(-c3ccccc3Cl)o2)cc1. The van der Waals surface area contributed by atoms with Gasteiger partial charge in [0.2, 0.25) is 15.9 Å². The molecular formula is C21H22ClN3O4S. The van der Waals surface area contributed by atoms with E-state index in [1.807, 2.05) is 18.2 Å². The van der Waals surface area contributed by atoms with Gasteiger partial charge in [-0.15, -0.1) is 0 Å². The summed E-state index contributed by atoms with van der Waals surface area (Å²) in [6.07, 6.45) is 2.21. The Hall–Kier alpha value is -2.68. The molecule has 0 aliphatic rings. The van der Waals surface area contributed by atoms with Gasteiger partial charge in [0.05, 0.1) is 17.0 Å². The number of hydrogen-bond donors (Lipinski definition) is 2. The van der Waals surface area contributed by atoms with Crippen LogP contribution in [0.2, 0.25) is 5.02 Å². The zero-order chi connectivity index (χ0) is 21.6. The number of nitrogens with one attached hydrogen (secondary N) is 2. The van der Waals surface area contributed by atoms with E-state index in [4.69, 9.17) is 16.0 Å². The van der Waals surface area contributed by atoms with E-state index >= 15 is 0 Å². The van der Waals surface area contributed by atoms with Crippen molar-refractivity contribution in [2.24, 2.45) is 0 Å². The minimum absolute atomic E-state index is 0.0809. The fourth-order valence-corrected chi connectivity index (χ4v) is 3.77. The third-order valence-electron chi connectivity index (χ3n) is 4.44. The Balaban J connectivity index is 1.47. The summed E-state index contributed by atoms with van der Waals surface area (Å²) in [6.45, 7) is 0.356. The number of carbonyl (C=O) groups excluding carboxylic acids is 1. The molecular weight excluding hydrogens is 426 g/mol. The maximum atomic E-state index is 12.1. The monoisotopic (exact) mass is 447 g/mol. The number of carbonyl (C=O) groups is 1. The zero-order valence-corrected chi connectivity index (χ0v) is 18.0. The Morgan fingerprint density at radius 2 is 1.80 bits per heavy atom. The fraction of sp³-hybridized carbons (Fsp3) is 0.238. The fourth-order valence-electron chi connectivity index (χ4n) is 2.77. The second kappa shape index (κ2) is 9.88. The molecule has 0 aliphatic carbocycles. The Bertz CT molecular complexity index is 1110. The first-order valence-electron chi connectivity index (χ1n) is 9.31. The van der Waals surface area contributed by atoms with Gasteiger partial charge < -0.3 is 9.73 Å². The number of benzene rings is 2. The number of hydrogen-bond acceptors (Lipinski definition) is 5. The molecule has 0 saturated heterocycles. The summed E-state index contributed by atoms with van der Waals surface area (Å²) < 4.78 is 31.1. The van der Waals surface area contributed by atoms with Crippen molar-refractivity contribution in [1.29, 1.82) is 0 Å². The second-order valence-electron chi connectivity index (χ2n) is 6.65. The van der Waals surface area contributed by atoms with Crippen LogP contribution in [0, 0.1) is 0 Å². The van der Waals surface area contributed by atoms with Crippen LogP contribution in [0.5, 0.6) is 0 Å². The van der Waals surface area contributed by atoms with Gasteiger partial charge in [-0.25, -0.2) is 18.1 Å². The standard InChI is InChI=1S/C21H22ClN3O4S/c1-23-30(27,28)14-16-8-6-15(7-9-16)12-24-20(26)10-11-21-25-13-19(29-21)17-4-2-3-5-18(17)22/h2-9,13,23H,10-12,14H2,1H3,(H,24,26). The number of aryl methyl sites for hydroxylation is 1. The number of halogens is 1. The lowest BCUT2D eigenvalue weighted by atomic mass is 10.1. The molecule has 2 N–H and O–H groups in total. The van der Waals surface area contributed by atoms with E-state index in [0.29, 0.717) is 35.2 Å². The molecule has 1 amide bonds. The van der Waals surface area contributed by atoms with Crippen molar-refractivity contribution < 1.29 is 17.6 Å². The highest BCUT2D eigenvalue weighted by Crippen LogP contribution is 2.28. The van der Waals surface area contributed by atoms with Gasteiger partial charge in [0.15, 0.2) is 11.7 Å². The lowest BCUT2D eigenvalue weighted by Gasteiger charge is -2.07. The minimum Gasteiger partial charge on any atom is -0.441 e. The summed E-state index contributed by atoms with van der Waals surface area (Å²) in [4.78, 5) is 16.3. The third-order valence-corrected chi connectivity index (χ3v) is 6.10. The molecule has 2 aromatic carbocycles. The van der Waals surface area contributed by atoms with Gasteiger partial charge in [0, 0.05) is 24.9 Å². The summed E-state index contributed by atoms with van der Waals surface area (Å²) >= 11 is 6.16. The van der Waals surface area contributed by atoms with E-state index in [-0.39, 0.29) is 18.1 Å². The first-order valence-corrected chi connectivity index (χ1v) is 11.3. The molecule has 0 unspecified atom stereocenters. The van der Waals surface area contributed by atoms with Crippen LogP contribution in [-0.2, 0) is 33.5 Å². The topological polar surface area (TPSA) is 101 Å². The molecule has 7 nitrogen and oxygen atoms in total. The molecule has 0 fully saturated rings. The molecule has 0 atom stereocenters. The molecule has 158 valence electrons. The molecule has 30 heavy (non-hydrogen) atoms. The summed E-state index contributed by atoms with van der Waals surface area (Å²) in [7, 11) is -1.92. The maximum absolute atomic E-state index is 12.1. The predicted molar refractivity (Wildman–Crippen MR) is 115 cm³/mol. The van der Waals surface area contributed by atoms with Crippen LogP contribution >= 0.6 is 11.6 Å². The Labute approximate surface area is 180 Å². The van der Waals surface area contributed by atoms with Gasteiger partial charge in [0.25, 0.3) is 0 Å². The van der Waals surface area contributed by atoms with Crippen molar-refractivity contribution in [2.45, 2.75) is 25.1 Å². The second-order valence-corrected chi connectivity index (χ2v) is 8.99. The number of nitrogens with zero attached hydrogens (tertiary/aromatic N) is 1. The number of rotatable bonds is 9. The van der Waals surface area contributed by atoms with Crippen LogP contribution in [0.1, 0.15) is 23.4 Å². The van der Waals surface area contributed by atoms with Gasteiger partial charge in [-0.1, -0.05) is 48.0 Å². The van der Waals surface area contributed by atoms with Gasteiger partial charge >= 0.3 is 0 Å². The van der Waals surface area contributed by atoms with Crippen molar-refractivity contribution in [3.8, 4) is 11.3 Å². The third kappa shape index (κ3) is 6.16. The Morgan fingerprint density at radius 1 is 1.10 bits per heavy atom. The molecule has 1 aromatic heterocycles. The lowest BCUT2D eigenvalue weighted by molar-refractivity contribution is -0.121. The van der Waals surface area contributed by atoms with E-state index in [9.17, 15) is 13.2 Å². The molecule has 0 bridgehead atoms. The van der Waals surface area contributed by atoms with E-state index < -0.39 is 10.0 Å². The predicted octanol–water partition coefficient (Wildman–Crippen LogP) is 3.29. The van der Waals surface area contributed by atoms with Crippen LogP contribution in [0.15, 0.2) is 59.1 Å². The molecule has 1 heterocycles. The van der Waals surface area contributed by atoms with Crippen LogP contribution in [0.3, 0.4) is 0 Å². The largest absolute Gasteiger partial charge is 0.441 e. The van der Waals surface area contributed by atoms with Crippen LogP contribution in [0.25, 0.3) is 11.3 Å². The van der Waals surface area contributed by atoms with E-state index in [2.05, 4.69) is 15.0 Å². The van der Waals surface area contributed by atoms with E-state index in [0.717, 1.165) is 11.1 Å². The highest BCUT2D eigenvalue weighted by atomic mass is 35.5. The Kier molecular flexibility index (Phi) is 7.25. The normalized spacial score (nSPS) is 11.4. The summed E-state index contributed by atoms with van der Waals surface area (Å²) in [5.41, 5.74) is 2.32. The van der Waals surface area contributed by atoms with Gasteiger partial charge in [-0.05, 0) is 30.3 Å². The minimum atomic E-state index is -3.31. The van der Waals surface area contributed by atoms with Gasteiger partial charge in [-0.3, -0.25) is 4.79 Å². The zero-order valence-electron chi connectivity index (χ0n) is 16.4. The molecule has 3 rings (SSSR count). The van der Waals surface area contributed by atoms with Crippen LogP contribution < -0.4 is 10.0 Å². The van der Waals surface area contributed by atoms with Crippen molar-refractivity contribution in [3.63, 3.8) is 0 Å². The first kappa shape index (κ1) is 22.0. The average molecular weight is 448 g/mol. The van der Waals surface area contributed by atoms with Crippen molar-refractivity contribution >= 4 is 27.5 Å². The van der Waals surface area contributed by atoms with E-state index in [1.165, 1.54) is 7.05 Å².